The zero-order valence-electron chi connectivity index (χ0n) is 16.3. The van der Waals surface area contributed by atoms with Crippen molar-refractivity contribution in [3.05, 3.63) is 57.1 Å². The smallest absolute Gasteiger partial charge is 0.271 e. The van der Waals surface area contributed by atoms with E-state index in [4.69, 9.17) is 4.74 Å². The number of Topliss-reactive ketones (excluding diaryl/α,β-unsaturated/α-hetero) is 1. The zero-order chi connectivity index (χ0) is 21.0. The molecule has 0 aliphatic rings. The van der Waals surface area contributed by atoms with E-state index in [0.717, 1.165) is 4.57 Å². The van der Waals surface area contributed by atoms with Crippen molar-refractivity contribution in [2.45, 2.75) is 46.8 Å². The third kappa shape index (κ3) is 4.22. The summed E-state index contributed by atoms with van der Waals surface area (Å²) in [7, 11) is 0. The van der Waals surface area contributed by atoms with E-state index in [0.29, 0.717) is 5.75 Å². The highest BCUT2D eigenvalue weighted by Gasteiger charge is 2.29. The van der Waals surface area contributed by atoms with E-state index in [2.05, 4.69) is 0 Å². The number of nitriles is 1. The summed E-state index contributed by atoms with van der Waals surface area (Å²) in [4.78, 5) is 25.6. The van der Waals surface area contributed by atoms with Crippen LogP contribution in [0.4, 0.5) is 4.39 Å². The highest BCUT2D eigenvalue weighted by Crippen LogP contribution is 2.26. The summed E-state index contributed by atoms with van der Waals surface area (Å²) >= 11 is 0. The second-order valence-electron chi connectivity index (χ2n) is 6.95. The fourth-order valence-electron chi connectivity index (χ4n) is 2.94. The van der Waals surface area contributed by atoms with Crippen LogP contribution in [0.25, 0.3) is 0 Å². The molecule has 2 rings (SSSR count). The fraction of sp³-hybridized carbons (Fsp3) is 0.381. The van der Waals surface area contributed by atoms with Crippen LogP contribution < -0.4 is 10.3 Å². The molecule has 1 unspecified atom stereocenters. The van der Waals surface area contributed by atoms with Crippen LogP contribution in [0.2, 0.25) is 0 Å². The van der Waals surface area contributed by atoms with E-state index >= 15 is 0 Å². The van der Waals surface area contributed by atoms with Crippen LogP contribution in [0.15, 0.2) is 29.1 Å². The number of pyridine rings is 1. The molecule has 6 nitrogen and oxygen atoms in total. The van der Waals surface area contributed by atoms with E-state index < -0.39 is 29.1 Å². The summed E-state index contributed by atoms with van der Waals surface area (Å²) in [6, 6.07) is 7.06. The highest BCUT2D eigenvalue weighted by atomic mass is 19.1. The van der Waals surface area contributed by atoms with Crippen molar-refractivity contribution < 1.29 is 19.0 Å². The number of ketones is 1. The number of aromatic nitrogens is 1. The van der Waals surface area contributed by atoms with E-state index in [1.54, 1.807) is 6.92 Å². The average molecular weight is 386 g/mol. The number of carbonyl (C=O) groups excluding carboxylic acids is 1. The van der Waals surface area contributed by atoms with Gasteiger partial charge in [-0.25, -0.2) is 4.39 Å². The molecule has 0 saturated heterocycles. The van der Waals surface area contributed by atoms with Crippen LogP contribution in [0, 0.1) is 30.0 Å². The van der Waals surface area contributed by atoms with Gasteiger partial charge in [0.2, 0.25) is 11.7 Å². The van der Waals surface area contributed by atoms with Gasteiger partial charge < -0.3 is 9.84 Å². The van der Waals surface area contributed by atoms with Crippen molar-refractivity contribution in [2.75, 3.05) is 0 Å². The Hall–Kier alpha value is -3.14. The zero-order valence-corrected chi connectivity index (χ0v) is 16.3. The number of nitrogens with zero attached hydrogens (tertiary/aromatic N) is 2. The van der Waals surface area contributed by atoms with Crippen molar-refractivity contribution >= 4 is 5.78 Å². The van der Waals surface area contributed by atoms with E-state index in [1.807, 2.05) is 19.9 Å². The van der Waals surface area contributed by atoms with Crippen LogP contribution in [0.5, 0.6) is 11.6 Å². The minimum Gasteiger partial charge on any atom is -0.494 e. The molecule has 0 radical (unpaired) electrons. The predicted molar refractivity (Wildman–Crippen MR) is 102 cm³/mol. The van der Waals surface area contributed by atoms with Crippen molar-refractivity contribution in [1.82, 2.24) is 4.57 Å². The Morgan fingerprint density at radius 2 is 1.93 bits per heavy atom. The second-order valence-corrected chi connectivity index (χ2v) is 6.95. The minimum atomic E-state index is -0.966. The van der Waals surface area contributed by atoms with Crippen molar-refractivity contribution in [3.63, 3.8) is 0 Å². The number of benzene rings is 1. The Bertz CT molecular complexity index is 972. The molecule has 0 aliphatic heterocycles. The lowest BCUT2D eigenvalue weighted by molar-refractivity contribution is 0.0780. The van der Waals surface area contributed by atoms with Gasteiger partial charge in [-0.2, -0.15) is 5.26 Å². The summed E-state index contributed by atoms with van der Waals surface area (Å²) in [5.41, 5.74) is -0.796. The van der Waals surface area contributed by atoms with E-state index in [9.17, 15) is 24.3 Å². The van der Waals surface area contributed by atoms with Gasteiger partial charge in [0, 0.05) is 6.54 Å². The van der Waals surface area contributed by atoms with Gasteiger partial charge in [0.1, 0.15) is 23.2 Å². The second kappa shape index (κ2) is 8.70. The molecule has 28 heavy (non-hydrogen) atoms. The standard InChI is InChI=1S/C21H23FN2O4/c1-5-17(28-15-8-6-14(22)7-9-15)19(25)18-13(4)16(10-23)20(26)24(21(18)27)11-12(2)3/h6-9,12,17,27H,5,11H2,1-4H3. The Morgan fingerprint density at radius 1 is 1.32 bits per heavy atom. The van der Waals surface area contributed by atoms with Crippen molar-refractivity contribution in [2.24, 2.45) is 5.92 Å². The molecule has 1 aromatic heterocycles. The van der Waals surface area contributed by atoms with Gasteiger partial charge in [0.05, 0.1) is 5.56 Å². The van der Waals surface area contributed by atoms with E-state index in [1.165, 1.54) is 31.2 Å². The maximum atomic E-state index is 13.1. The number of ether oxygens (including phenoxy) is 1. The summed E-state index contributed by atoms with van der Waals surface area (Å²) in [6.45, 7) is 7.05. The molecule has 7 heteroatoms. The molecule has 0 aliphatic carbocycles. The molecular weight excluding hydrogens is 363 g/mol. The Morgan fingerprint density at radius 3 is 2.43 bits per heavy atom. The highest BCUT2D eigenvalue weighted by molar-refractivity contribution is 6.03. The number of hydrogen-bond donors (Lipinski definition) is 1. The fourth-order valence-corrected chi connectivity index (χ4v) is 2.94. The Labute approximate surface area is 162 Å². The maximum Gasteiger partial charge on any atom is 0.271 e. The SMILES string of the molecule is CCC(Oc1ccc(F)cc1)C(=O)c1c(C)c(C#N)c(=O)n(CC(C)C)c1O. The summed E-state index contributed by atoms with van der Waals surface area (Å²) in [5, 5.41) is 20.1. The van der Waals surface area contributed by atoms with E-state index in [-0.39, 0.29) is 35.6 Å². The molecule has 1 N–H and O–H groups in total. The van der Waals surface area contributed by atoms with Gasteiger partial charge in [-0.05, 0) is 49.1 Å². The number of halogens is 1. The molecule has 2 aromatic rings. The molecule has 1 aromatic carbocycles. The lowest BCUT2D eigenvalue weighted by Crippen LogP contribution is -2.32. The third-order valence-corrected chi connectivity index (χ3v) is 4.35. The molecule has 1 atom stereocenters. The molecule has 0 spiro atoms. The number of carbonyl (C=O) groups is 1. The number of rotatable bonds is 7. The summed E-state index contributed by atoms with van der Waals surface area (Å²) in [5.74, 6) is -1.13. The predicted octanol–water partition coefficient (Wildman–Crippen LogP) is 3.57. The topological polar surface area (TPSA) is 92.3 Å². The van der Waals surface area contributed by atoms with Crippen LogP contribution in [0.3, 0.4) is 0 Å². The normalized spacial score (nSPS) is 11.9. The molecule has 1 heterocycles. The molecule has 0 saturated carbocycles. The maximum absolute atomic E-state index is 13.1. The van der Waals surface area contributed by atoms with Crippen LogP contribution in [-0.2, 0) is 6.54 Å². The van der Waals surface area contributed by atoms with Crippen molar-refractivity contribution in [1.29, 1.82) is 5.26 Å². The first-order chi connectivity index (χ1) is 13.2. The lowest BCUT2D eigenvalue weighted by Gasteiger charge is -2.21. The molecule has 0 bridgehead atoms. The van der Waals surface area contributed by atoms with Crippen molar-refractivity contribution in [3.8, 4) is 17.7 Å². The third-order valence-electron chi connectivity index (χ3n) is 4.35. The summed E-state index contributed by atoms with van der Waals surface area (Å²) in [6.07, 6.45) is -0.688. The molecule has 148 valence electrons. The lowest BCUT2D eigenvalue weighted by atomic mass is 9.97. The average Bonchev–Trinajstić information content (AvgIpc) is 2.65. The largest absolute Gasteiger partial charge is 0.494 e. The van der Waals surface area contributed by atoms with Gasteiger partial charge in [-0.1, -0.05) is 20.8 Å². The Kier molecular flexibility index (Phi) is 6.57. The number of hydrogen-bond acceptors (Lipinski definition) is 5. The molecule has 0 amide bonds. The van der Waals surface area contributed by atoms with Gasteiger partial charge in [0.25, 0.3) is 5.56 Å². The first-order valence-electron chi connectivity index (χ1n) is 9.04. The molecule has 0 fully saturated rings. The number of aromatic hydroxyl groups is 1. The Balaban J connectivity index is 2.54. The van der Waals surface area contributed by atoms with Gasteiger partial charge >= 0.3 is 0 Å². The summed E-state index contributed by atoms with van der Waals surface area (Å²) < 4.78 is 19.8. The van der Waals surface area contributed by atoms with Gasteiger partial charge in [0.15, 0.2) is 6.10 Å². The molecular formula is C21H23FN2O4. The quantitative estimate of drug-likeness (QED) is 0.735. The van der Waals surface area contributed by atoms with Crippen LogP contribution >= 0.6 is 0 Å². The first-order valence-corrected chi connectivity index (χ1v) is 9.04. The van der Waals surface area contributed by atoms with Gasteiger partial charge in [-0.3, -0.25) is 14.2 Å². The van der Waals surface area contributed by atoms with Crippen LogP contribution in [-0.4, -0.2) is 21.6 Å². The first kappa shape index (κ1) is 21.2. The monoisotopic (exact) mass is 386 g/mol. The van der Waals surface area contributed by atoms with Crippen LogP contribution in [0.1, 0.15) is 48.7 Å². The minimum absolute atomic E-state index is 0.0123. The van der Waals surface area contributed by atoms with Gasteiger partial charge in [-0.15, -0.1) is 0 Å².